The molecule has 2 heterocycles. The monoisotopic (exact) mass is 343 g/mol. The Balaban J connectivity index is 1.71. The third-order valence-corrected chi connectivity index (χ3v) is 4.09. The molecule has 8 heteroatoms. The first-order valence-corrected chi connectivity index (χ1v) is 8.03. The first-order chi connectivity index (χ1) is 11.4. The van der Waals surface area contributed by atoms with Crippen LogP contribution in [-0.2, 0) is 6.18 Å². The number of hydrogen-bond donors (Lipinski definition) is 1. The summed E-state index contributed by atoms with van der Waals surface area (Å²) in [4.78, 5) is 11.0. The van der Waals surface area contributed by atoms with Crippen LogP contribution in [0, 0.1) is 0 Å². The molecule has 5 nitrogen and oxygen atoms in total. The molecule has 3 rings (SSSR count). The number of aliphatic hydroxyl groups excluding tert-OH is 1. The van der Waals surface area contributed by atoms with Crippen molar-refractivity contribution in [2.24, 2.45) is 0 Å². The standard InChI is InChI=1S/C16H20F3N3O2/c17-16(18,19)15-20-13-6-2-3-7-14(13)22(15)24-11-12(23)10-21-8-4-1-5-9-21/h2-3,6-7,12,23H,1,4-5,8-11H2. The number of likely N-dealkylation sites (tertiary alicyclic amines) is 1. The van der Waals surface area contributed by atoms with Gasteiger partial charge in [-0.05, 0) is 38.1 Å². The molecule has 0 radical (unpaired) electrons. The summed E-state index contributed by atoms with van der Waals surface area (Å²) in [6, 6.07) is 6.24. The van der Waals surface area contributed by atoms with Crippen LogP contribution < -0.4 is 4.84 Å². The Bertz CT molecular complexity index is 681. The summed E-state index contributed by atoms with van der Waals surface area (Å²) in [5, 5.41) is 10.1. The predicted octanol–water partition coefficient (Wildman–Crippen LogP) is 2.33. The Morgan fingerprint density at radius 2 is 1.88 bits per heavy atom. The fraction of sp³-hybridized carbons (Fsp3) is 0.562. The molecule has 1 aliphatic rings. The van der Waals surface area contributed by atoms with Crippen LogP contribution in [0.5, 0.6) is 0 Å². The van der Waals surface area contributed by atoms with Crippen LogP contribution in [0.25, 0.3) is 11.0 Å². The van der Waals surface area contributed by atoms with Crippen LogP contribution in [0.1, 0.15) is 25.1 Å². The SMILES string of the molecule is OC(COn1c(C(F)(F)F)nc2ccccc21)CN1CCCCC1. The lowest BCUT2D eigenvalue weighted by Crippen LogP contribution is -2.40. The second-order valence-electron chi connectivity index (χ2n) is 6.03. The Labute approximate surface area is 137 Å². The van der Waals surface area contributed by atoms with Gasteiger partial charge in [0.1, 0.15) is 18.2 Å². The highest BCUT2D eigenvalue weighted by atomic mass is 19.4. The van der Waals surface area contributed by atoms with Gasteiger partial charge in [-0.2, -0.15) is 17.9 Å². The fourth-order valence-corrected chi connectivity index (χ4v) is 2.97. The van der Waals surface area contributed by atoms with E-state index in [2.05, 4.69) is 9.88 Å². The van der Waals surface area contributed by atoms with E-state index < -0.39 is 18.1 Å². The summed E-state index contributed by atoms with van der Waals surface area (Å²) >= 11 is 0. The number of hydrogen-bond acceptors (Lipinski definition) is 4. The lowest BCUT2D eigenvalue weighted by Gasteiger charge is -2.28. The van der Waals surface area contributed by atoms with Crippen molar-refractivity contribution in [1.82, 2.24) is 14.6 Å². The van der Waals surface area contributed by atoms with Gasteiger partial charge in [0.2, 0.25) is 0 Å². The number of halogens is 3. The minimum atomic E-state index is -4.63. The van der Waals surface area contributed by atoms with Crippen molar-refractivity contribution >= 4 is 11.0 Å². The molecule has 0 saturated carbocycles. The zero-order chi connectivity index (χ0) is 17.2. The number of β-amino-alcohol motifs (C(OH)–C–C–N with tert-alkyl or cyclic N) is 1. The molecular formula is C16H20F3N3O2. The van der Waals surface area contributed by atoms with Gasteiger partial charge in [0.05, 0.1) is 5.52 Å². The van der Waals surface area contributed by atoms with Gasteiger partial charge in [0.15, 0.2) is 0 Å². The van der Waals surface area contributed by atoms with Gasteiger partial charge >= 0.3 is 6.18 Å². The number of rotatable bonds is 5. The lowest BCUT2D eigenvalue weighted by molar-refractivity contribution is -0.156. The van der Waals surface area contributed by atoms with Crippen LogP contribution >= 0.6 is 0 Å². The lowest BCUT2D eigenvalue weighted by atomic mass is 10.1. The highest BCUT2D eigenvalue weighted by Crippen LogP contribution is 2.30. The van der Waals surface area contributed by atoms with Gasteiger partial charge in [-0.15, -0.1) is 0 Å². The average molecular weight is 343 g/mol. The largest absolute Gasteiger partial charge is 0.453 e. The maximum Gasteiger partial charge on any atom is 0.453 e. The summed E-state index contributed by atoms with van der Waals surface area (Å²) in [6.45, 7) is 1.98. The van der Waals surface area contributed by atoms with E-state index in [1.165, 1.54) is 18.6 Å². The first kappa shape index (κ1) is 17.0. The summed E-state index contributed by atoms with van der Waals surface area (Å²) < 4.78 is 40.1. The van der Waals surface area contributed by atoms with Gasteiger partial charge in [0.25, 0.3) is 5.82 Å². The summed E-state index contributed by atoms with van der Waals surface area (Å²) in [5.74, 6) is -1.12. The molecule has 2 aromatic rings. The fourth-order valence-electron chi connectivity index (χ4n) is 2.97. The minimum Gasteiger partial charge on any atom is -0.409 e. The van der Waals surface area contributed by atoms with Crippen molar-refractivity contribution in [2.45, 2.75) is 31.5 Å². The average Bonchev–Trinajstić information content (AvgIpc) is 2.93. The topological polar surface area (TPSA) is 50.5 Å². The second kappa shape index (κ2) is 6.98. The van der Waals surface area contributed by atoms with E-state index in [1.807, 2.05) is 0 Å². The van der Waals surface area contributed by atoms with Crippen LogP contribution in [0.15, 0.2) is 24.3 Å². The molecule has 1 fully saturated rings. The quantitative estimate of drug-likeness (QED) is 0.905. The molecule has 1 atom stereocenters. The number of aliphatic hydroxyl groups is 1. The predicted molar refractivity (Wildman–Crippen MR) is 82.5 cm³/mol. The first-order valence-electron chi connectivity index (χ1n) is 8.03. The smallest absolute Gasteiger partial charge is 0.409 e. The molecule has 0 spiro atoms. The number of aromatic nitrogens is 2. The van der Waals surface area contributed by atoms with Gasteiger partial charge in [-0.3, -0.25) is 0 Å². The third kappa shape index (κ3) is 3.81. The van der Waals surface area contributed by atoms with Gasteiger partial charge in [-0.25, -0.2) is 4.98 Å². The number of fused-ring (bicyclic) bond motifs is 1. The molecule has 1 unspecified atom stereocenters. The van der Waals surface area contributed by atoms with E-state index in [0.717, 1.165) is 25.9 Å². The molecule has 1 aliphatic heterocycles. The van der Waals surface area contributed by atoms with Crippen molar-refractivity contribution in [1.29, 1.82) is 0 Å². The second-order valence-corrected chi connectivity index (χ2v) is 6.03. The van der Waals surface area contributed by atoms with Crippen molar-refractivity contribution in [3.63, 3.8) is 0 Å². The molecular weight excluding hydrogens is 323 g/mol. The highest BCUT2D eigenvalue weighted by molar-refractivity contribution is 5.75. The van der Waals surface area contributed by atoms with E-state index >= 15 is 0 Å². The molecule has 0 bridgehead atoms. The minimum absolute atomic E-state index is 0.204. The molecule has 0 amide bonds. The number of para-hydroxylation sites is 2. The number of alkyl halides is 3. The van der Waals surface area contributed by atoms with Crippen LogP contribution in [0.2, 0.25) is 0 Å². The summed E-state index contributed by atoms with van der Waals surface area (Å²) in [5.41, 5.74) is 0.436. The Morgan fingerprint density at radius 3 is 2.58 bits per heavy atom. The summed E-state index contributed by atoms with van der Waals surface area (Å²) in [6.07, 6.45) is -2.14. The third-order valence-electron chi connectivity index (χ3n) is 4.09. The number of imidazole rings is 1. The maximum absolute atomic E-state index is 13.1. The molecule has 1 aromatic carbocycles. The Hall–Kier alpha value is -1.80. The van der Waals surface area contributed by atoms with Crippen LogP contribution in [0.3, 0.4) is 0 Å². The maximum atomic E-state index is 13.1. The zero-order valence-corrected chi connectivity index (χ0v) is 13.2. The van der Waals surface area contributed by atoms with Crippen LogP contribution in [-0.4, -0.2) is 52.1 Å². The number of nitrogens with zero attached hydrogens (tertiary/aromatic N) is 3. The van der Waals surface area contributed by atoms with Gasteiger partial charge in [0, 0.05) is 6.54 Å². The van der Waals surface area contributed by atoms with Crippen LogP contribution in [0.4, 0.5) is 13.2 Å². The van der Waals surface area contributed by atoms with Crippen molar-refractivity contribution < 1.29 is 23.1 Å². The van der Waals surface area contributed by atoms with Gasteiger partial charge < -0.3 is 14.8 Å². The van der Waals surface area contributed by atoms with E-state index in [4.69, 9.17) is 4.84 Å². The van der Waals surface area contributed by atoms with Crippen molar-refractivity contribution in [3.05, 3.63) is 30.1 Å². The van der Waals surface area contributed by atoms with E-state index in [-0.39, 0.29) is 17.6 Å². The highest BCUT2D eigenvalue weighted by Gasteiger charge is 2.38. The normalized spacial score (nSPS) is 18.0. The van der Waals surface area contributed by atoms with E-state index in [1.54, 1.807) is 12.1 Å². The van der Waals surface area contributed by atoms with E-state index in [0.29, 0.717) is 11.3 Å². The molecule has 0 aliphatic carbocycles. The molecule has 1 aromatic heterocycles. The zero-order valence-electron chi connectivity index (χ0n) is 13.2. The van der Waals surface area contributed by atoms with Crippen molar-refractivity contribution in [3.8, 4) is 0 Å². The Morgan fingerprint density at radius 1 is 1.17 bits per heavy atom. The molecule has 1 N–H and O–H groups in total. The number of piperidine rings is 1. The van der Waals surface area contributed by atoms with Crippen molar-refractivity contribution in [2.75, 3.05) is 26.2 Å². The number of benzene rings is 1. The Kier molecular flexibility index (Phi) is 4.96. The molecule has 24 heavy (non-hydrogen) atoms. The summed E-state index contributed by atoms with van der Waals surface area (Å²) in [7, 11) is 0. The molecule has 1 saturated heterocycles. The molecule has 132 valence electrons. The van der Waals surface area contributed by atoms with Gasteiger partial charge in [-0.1, -0.05) is 18.6 Å². The van der Waals surface area contributed by atoms with E-state index in [9.17, 15) is 18.3 Å².